The SMILES string of the molecule is CCc1ccccc1C(=O)CN(CCNC(=O)O)Cc1ccc(OC)cc1. The third kappa shape index (κ3) is 6.42. The van der Waals surface area contributed by atoms with E-state index >= 15 is 0 Å². The summed E-state index contributed by atoms with van der Waals surface area (Å²) in [5.74, 6) is 0.807. The summed E-state index contributed by atoms with van der Waals surface area (Å²) in [6.07, 6.45) is -0.275. The molecule has 0 bridgehead atoms. The van der Waals surface area contributed by atoms with Crippen LogP contribution in [0.2, 0.25) is 0 Å². The first kappa shape index (κ1) is 20.5. The second-order valence-electron chi connectivity index (χ2n) is 6.22. The first-order valence-electron chi connectivity index (χ1n) is 8.96. The third-order valence-corrected chi connectivity index (χ3v) is 4.34. The summed E-state index contributed by atoms with van der Waals surface area (Å²) in [5.41, 5.74) is 2.78. The molecule has 0 aliphatic heterocycles. The van der Waals surface area contributed by atoms with Crippen molar-refractivity contribution in [3.05, 3.63) is 65.2 Å². The average molecular weight is 370 g/mol. The van der Waals surface area contributed by atoms with Crippen molar-refractivity contribution in [1.29, 1.82) is 0 Å². The van der Waals surface area contributed by atoms with E-state index in [2.05, 4.69) is 5.32 Å². The van der Waals surface area contributed by atoms with Gasteiger partial charge in [0.2, 0.25) is 0 Å². The van der Waals surface area contributed by atoms with Gasteiger partial charge in [0.15, 0.2) is 5.78 Å². The van der Waals surface area contributed by atoms with Gasteiger partial charge in [-0.15, -0.1) is 0 Å². The molecular formula is C21H26N2O4. The molecule has 0 aliphatic rings. The largest absolute Gasteiger partial charge is 0.497 e. The Balaban J connectivity index is 2.10. The summed E-state index contributed by atoms with van der Waals surface area (Å²) in [6.45, 7) is 3.50. The first-order chi connectivity index (χ1) is 13.0. The molecule has 27 heavy (non-hydrogen) atoms. The molecule has 0 saturated carbocycles. The van der Waals surface area contributed by atoms with E-state index in [1.807, 2.05) is 60.4 Å². The van der Waals surface area contributed by atoms with E-state index in [0.29, 0.717) is 13.1 Å². The zero-order valence-corrected chi connectivity index (χ0v) is 15.8. The van der Waals surface area contributed by atoms with Gasteiger partial charge in [0.05, 0.1) is 13.7 Å². The van der Waals surface area contributed by atoms with Gasteiger partial charge in [-0.25, -0.2) is 4.79 Å². The minimum atomic E-state index is -1.07. The molecular weight excluding hydrogens is 344 g/mol. The number of amides is 1. The maximum absolute atomic E-state index is 12.8. The molecule has 0 saturated heterocycles. The summed E-state index contributed by atoms with van der Waals surface area (Å²) in [4.78, 5) is 25.5. The fourth-order valence-electron chi connectivity index (χ4n) is 2.91. The number of carboxylic acid groups (broad SMARTS) is 1. The van der Waals surface area contributed by atoms with Crippen molar-refractivity contribution in [3.63, 3.8) is 0 Å². The predicted octanol–water partition coefficient (Wildman–Crippen LogP) is 3.21. The van der Waals surface area contributed by atoms with E-state index in [0.717, 1.165) is 28.9 Å². The van der Waals surface area contributed by atoms with Gasteiger partial charge in [-0.2, -0.15) is 0 Å². The molecule has 1 amide bonds. The van der Waals surface area contributed by atoms with Gasteiger partial charge in [-0.3, -0.25) is 9.69 Å². The van der Waals surface area contributed by atoms with Gasteiger partial charge in [-0.05, 0) is 29.7 Å². The van der Waals surface area contributed by atoms with Crippen LogP contribution in [0.4, 0.5) is 4.79 Å². The van der Waals surface area contributed by atoms with Crippen LogP contribution in [0, 0.1) is 0 Å². The Morgan fingerprint density at radius 3 is 2.44 bits per heavy atom. The summed E-state index contributed by atoms with van der Waals surface area (Å²) < 4.78 is 5.17. The van der Waals surface area contributed by atoms with Crippen molar-refractivity contribution in [3.8, 4) is 5.75 Å². The van der Waals surface area contributed by atoms with Crippen molar-refractivity contribution >= 4 is 11.9 Å². The Labute approximate surface area is 159 Å². The van der Waals surface area contributed by atoms with Crippen molar-refractivity contribution in [2.75, 3.05) is 26.7 Å². The van der Waals surface area contributed by atoms with Gasteiger partial charge in [-0.1, -0.05) is 43.3 Å². The van der Waals surface area contributed by atoms with Crippen molar-refractivity contribution < 1.29 is 19.4 Å². The number of carbonyl (C=O) groups is 2. The lowest BCUT2D eigenvalue weighted by atomic mass is 10.0. The topological polar surface area (TPSA) is 78.9 Å². The Kier molecular flexibility index (Phi) is 7.82. The normalized spacial score (nSPS) is 10.6. The summed E-state index contributed by atoms with van der Waals surface area (Å²) in [7, 11) is 1.61. The number of methoxy groups -OCH3 is 1. The highest BCUT2D eigenvalue weighted by molar-refractivity contribution is 5.99. The van der Waals surface area contributed by atoms with Gasteiger partial charge >= 0.3 is 6.09 Å². The van der Waals surface area contributed by atoms with E-state index in [-0.39, 0.29) is 18.9 Å². The van der Waals surface area contributed by atoms with Crippen LogP contribution in [0.5, 0.6) is 5.75 Å². The molecule has 0 spiro atoms. The van der Waals surface area contributed by atoms with Crippen LogP contribution in [0.3, 0.4) is 0 Å². The molecule has 2 aromatic rings. The Bertz CT molecular complexity index is 759. The summed E-state index contributed by atoms with van der Waals surface area (Å²) >= 11 is 0. The molecule has 2 aromatic carbocycles. The number of rotatable bonds is 10. The van der Waals surface area contributed by atoms with E-state index in [1.54, 1.807) is 7.11 Å². The number of ketones is 1. The molecule has 2 rings (SSSR count). The monoisotopic (exact) mass is 370 g/mol. The van der Waals surface area contributed by atoms with Gasteiger partial charge in [0.1, 0.15) is 5.75 Å². The number of carbonyl (C=O) groups excluding carboxylic acids is 1. The highest BCUT2D eigenvalue weighted by Gasteiger charge is 2.15. The number of benzene rings is 2. The Morgan fingerprint density at radius 1 is 1.11 bits per heavy atom. The van der Waals surface area contributed by atoms with Gasteiger partial charge in [0.25, 0.3) is 0 Å². The molecule has 0 aliphatic carbocycles. The minimum Gasteiger partial charge on any atom is -0.497 e. The minimum absolute atomic E-state index is 0.0382. The number of nitrogens with one attached hydrogen (secondary N) is 1. The van der Waals surface area contributed by atoms with Crippen LogP contribution in [-0.2, 0) is 13.0 Å². The zero-order valence-electron chi connectivity index (χ0n) is 15.8. The smallest absolute Gasteiger partial charge is 0.404 e. The summed E-state index contributed by atoms with van der Waals surface area (Å²) in [6, 6.07) is 15.2. The lowest BCUT2D eigenvalue weighted by Gasteiger charge is -2.22. The van der Waals surface area contributed by atoms with Gasteiger partial charge < -0.3 is 15.2 Å². The van der Waals surface area contributed by atoms with Crippen LogP contribution < -0.4 is 10.1 Å². The lowest BCUT2D eigenvalue weighted by molar-refractivity contribution is 0.0925. The molecule has 0 radical (unpaired) electrons. The standard InChI is InChI=1S/C21H26N2O4/c1-3-17-6-4-5-7-19(17)20(24)15-23(13-12-22-21(25)26)14-16-8-10-18(27-2)11-9-16/h4-11,22H,3,12-15H2,1-2H3,(H,25,26). The molecule has 0 heterocycles. The van der Waals surface area contributed by atoms with Crippen LogP contribution in [0.1, 0.15) is 28.4 Å². The number of hydrogen-bond acceptors (Lipinski definition) is 4. The van der Waals surface area contributed by atoms with Crippen molar-refractivity contribution in [2.24, 2.45) is 0 Å². The maximum atomic E-state index is 12.8. The maximum Gasteiger partial charge on any atom is 0.404 e. The summed E-state index contributed by atoms with van der Waals surface area (Å²) in [5, 5.41) is 11.2. The van der Waals surface area contributed by atoms with E-state index in [4.69, 9.17) is 9.84 Å². The zero-order chi connectivity index (χ0) is 19.6. The molecule has 6 heteroatoms. The van der Waals surface area contributed by atoms with E-state index < -0.39 is 6.09 Å². The fraction of sp³-hybridized carbons (Fsp3) is 0.333. The molecule has 2 N–H and O–H groups in total. The van der Waals surface area contributed by atoms with Crippen LogP contribution in [0.15, 0.2) is 48.5 Å². The van der Waals surface area contributed by atoms with Crippen LogP contribution >= 0.6 is 0 Å². The fourth-order valence-corrected chi connectivity index (χ4v) is 2.91. The first-order valence-corrected chi connectivity index (χ1v) is 8.96. The van der Waals surface area contributed by atoms with Crippen molar-refractivity contribution in [2.45, 2.75) is 19.9 Å². The molecule has 0 atom stereocenters. The van der Waals surface area contributed by atoms with Crippen molar-refractivity contribution in [1.82, 2.24) is 10.2 Å². The average Bonchev–Trinajstić information content (AvgIpc) is 2.68. The predicted molar refractivity (Wildman–Crippen MR) is 104 cm³/mol. The third-order valence-electron chi connectivity index (χ3n) is 4.34. The van der Waals surface area contributed by atoms with E-state index in [1.165, 1.54) is 0 Å². The van der Waals surface area contributed by atoms with Gasteiger partial charge in [0, 0.05) is 25.2 Å². The number of aryl methyl sites for hydroxylation is 1. The quantitative estimate of drug-likeness (QED) is 0.628. The van der Waals surface area contributed by atoms with Crippen LogP contribution in [0.25, 0.3) is 0 Å². The number of ether oxygens (including phenoxy) is 1. The highest BCUT2D eigenvalue weighted by atomic mass is 16.5. The second-order valence-corrected chi connectivity index (χ2v) is 6.22. The molecule has 0 fully saturated rings. The Morgan fingerprint density at radius 2 is 1.81 bits per heavy atom. The number of nitrogens with zero attached hydrogens (tertiary/aromatic N) is 1. The number of Topliss-reactive ketones (excluding diaryl/α,β-unsaturated/α-hetero) is 1. The lowest BCUT2D eigenvalue weighted by Crippen LogP contribution is -2.37. The van der Waals surface area contributed by atoms with E-state index in [9.17, 15) is 9.59 Å². The molecule has 6 nitrogen and oxygen atoms in total. The molecule has 0 unspecified atom stereocenters. The van der Waals surface area contributed by atoms with Crippen LogP contribution in [-0.4, -0.2) is 48.6 Å². The Hall–Kier alpha value is -2.86. The molecule has 0 aromatic heterocycles. The highest BCUT2D eigenvalue weighted by Crippen LogP contribution is 2.15. The molecule has 144 valence electrons. The number of hydrogen-bond donors (Lipinski definition) is 2. The second kappa shape index (κ2) is 10.3.